The largest absolute Gasteiger partial charge is 3.00 e. The van der Waals surface area contributed by atoms with Gasteiger partial charge in [-0.1, -0.05) is 0 Å². The summed E-state index contributed by atoms with van der Waals surface area (Å²) >= 11 is 0. The topological polar surface area (TPSA) is 0 Å². The van der Waals surface area contributed by atoms with Crippen LogP contribution in [0.5, 0.6) is 0 Å². The van der Waals surface area contributed by atoms with Crippen LogP contribution in [0.25, 0.3) is 0 Å². The molecule has 0 fully saturated rings. The van der Waals surface area contributed by atoms with Gasteiger partial charge in [0, 0.05) is 21.1 Å². The predicted molar refractivity (Wildman–Crippen MR) is 5.75 cm³/mol. The van der Waals surface area contributed by atoms with Crippen LogP contribution < -0.4 is 14.1 Å². The molecule has 0 amide bonds. The molecular formula is BF3W. The zero-order chi connectivity index (χ0) is 0. The number of hydrogen-bond acceptors (Lipinski definition) is 0. The molecule has 0 nitrogen and oxygen atoms in total. The second-order valence-corrected chi connectivity index (χ2v) is 0. The molecule has 0 aliphatic heterocycles. The molecule has 0 aromatic rings. The Hall–Kier alpha value is 0.543. The van der Waals surface area contributed by atoms with E-state index in [1.165, 1.54) is 0 Å². The van der Waals surface area contributed by atoms with Gasteiger partial charge in [0.05, 0.1) is 0 Å². The third kappa shape index (κ3) is 99.6. The van der Waals surface area contributed by atoms with Gasteiger partial charge in [-0.2, -0.15) is 0 Å². The van der Waals surface area contributed by atoms with E-state index in [0.717, 1.165) is 0 Å². The Kier molecular flexibility index (Phi) is 15000. The van der Waals surface area contributed by atoms with Crippen LogP contribution in [0.1, 0.15) is 0 Å². The van der Waals surface area contributed by atoms with Gasteiger partial charge in [-0.15, -0.1) is 0 Å². The second kappa shape index (κ2) is 193. The van der Waals surface area contributed by atoms with Crippen molar-refractivity contribution >= 4 is 8.41 Å². The molecule has 0 saturated heterocycles. The van der Waals surface area contributed by atoms with Gasteiger partial charge in [0.25, 0.3) is 0 Å². The minimum atomic E-state index is 0. The van der Waals surface area contributed by atoms with Crippen molar-refractivity contribution < 1.29 is 35.2 Å². The minimum absolute atomic E-state index is 0. The molecule has 0 rings (SSSR count). The smallest absolute Gasteiger partial charge is 1.00 e. The standard InChI is InChI=1S/B.3FH.W/h;3*1H;/q+3;;;;/p-3. The monoisotopic (exact) mass is 252 g/mol. The third-order valence-electron chi connectivity index (χ3n) is 0. The Morgan fingerprint density at radius 3 is 0.600 bits per heavy atom. The Morgan fingerprint density at radius 2 is 0.600 bits per heavy atom. The number of hydrogen-bond donors (Lipinski definition) is 0. The summed E-state index contributed by atoms with van der Waals surface area (Å²) in [5.41, 5.74) is 0. The molecule has 30 valence electrons. The second-order valence-electron chi connectivity index (χ2n) is 0. The maximum absolute atomic E-state index is 0. The average molecular weight is 252 g/mol. The summed E-state index contributed by atoms with van der Waals surface area (Å²) in [6, 6.07) is 0. The fourth-order valence-corrected chi connectivity index (χ4v) is 0. The van der Waals surface area contributed by atoms with Crippen molar-refractivity contribution in [2.24, 2.45) is 0 Å². The SMILES string of the molecule is [B+3].[F-].[F-].[F-].[W]. The summed E-state index contributed by atoms with van der Waals surface area (Å²) in [5, 5.41) is 0. The summed E-state index contributed by atoms with van der Waals surface area (Å²) < 4.78 is 0. The van der Waals surface area contributed by atoms with Crippen LogP contribution in [0, 0.1) is 0 Å². The van der Waals surface area contributed by atoms with Crippen LogP contribution in [-0.4, -0.2) is 8.41 Å². The summed E-state index contributed by atoms with van der Waals surface area (Å²) in [6.07, 6.45) is 0. The number of rotatable bonds is 0. The van der Waals surface area contributed by atoms with Gasteiger partial charge in [-0.25, -0.2) is 0 Å². The molecule has 5 heteroatoms. The van der Waals surface area contributed by atoms with Crippen LogP contribution in [-0.2, 0) is 21.1 Å². The molecule has 0 radical (unpaired) electrons. The molecule has 0 aliphatic carbocycles. The van der Waals surface area contributed by atoms with E-state index in [-0.39, 0.29) is 43.6 Å². The molecule has 0 heterocycles. The summed E-state index contributed by atoms with van der Waals surface area (Å²) in [4.78, 5) is 0. The van der Waals surface area contributed by atoms with Gasteiger partial charge in [0.15, 0.2) is 0 Å². The first kappa shape index (κ1) is 388. The first-order valence-electron chi connectivity index (χ1n) is 0. The average Bonchev–Trinajstić information content (AvgIpc) is 0. The van der Waals surface area contributed by atoms with Crippen molar-refractivity contribution in [2.45, 2.75) is 0 Å². The van der Waals surface area contributed by atoms with Crippen molar-refractivity contribution in [1.29, 1.82) is 0 Å². The maximum atomic E-state index is 0. The third-order valence-corrected chi connectivity index (χ3v) is 0. The van der Waals surface area contributed by atoms with Crippen molar-refractivity contribution in [3.63, 3.8) is 0 Å². The first-order valence-corrected chi connectivity index (χ1v) is 0. The van der Waals surface area contributed by atoms with E-state index in [2.05, 4.69) is 0 Å². The summed E-state index contributed by atoms with van der Waals surface area (Å²) in [7, 11) is 0. The van der Waals surface area contributed by atoms with Crippen molar-refractivity contribution in [3.05, 3.63) is 0 Å². The maximum Gasteiger partial charge on any atom is 3.00 e. The molecule has 0 spiro atoms. The molecule has 0 saturated carbocycles. The van der Waals surface area contributed by atoms with E-state index in [9.17, 15) is 0 Å². The fourth-order valence-electron chi connectivity index (χ4n) is 0. The van der Waals surface area contributed by atoms with Gasteiger partial charge in [-0.05, 0) is 0 Å². The quantitative estimate of drug-likeness (QED) is 0.375. The van der Waals surface area contributed by atoms with Gasteiger partial charge in [0.2, 0.25) is 0 Å². The molecule has 0 atom stereocenters. The van der Waals surface area contributed by atoms with E-state index in [0.29, 0.717) is 0 Å². The van der Waals surface area contributed by atoms with Crippen molar-refractivity contribution in [2.75, 3.05) is 0 Å². The number of halogens is 3. The van der Waals surface area contributed by atoms with Crippen LogP contribution in [0.4, 0.5) is 0 Å². The normalized spacial score (nSPS) is 0. The van der Waals surface area contributed by atoms with Gasteiger partial charge < -0.3 is 14.1 Å². The van der Waals surface area contributed by atoms with Crippen LogP contribution in [0.2, 0.25) is 0 Å². The van der Waals surface area contributed by atoms with Crippen molar-refractivity contribution in [1.82, 2.24) is 0 Å². The molecule has 0 aromatic heterocycles. The molecule has 0 aliphatic rings. The van der Waals surface area contributed by atoms with E-state index in [1.54, 1.807) is 0 Å². The van der Waals surface area contributed by atoms with Crippen LogP contribution in [0.3, 0.4) is 0 Å². The zero-order valence-electron chi connectivity index (χ0n) is 2.12. The molecule has 0 unspecified atom stereocenters. The van der Waals surface area contributed by atoms with Gasteiger partial charge >= 0.3 is 8.41 Å². The van der Waals surface area contributed by atoms with E-state index >= 15 is 0 Å². The first-order chi connectivity index (χ1) is 0. The van der Waals surface area contributed by atoms with Crippen LogP contribution >= 0.6 is 0 Å². The van der Waals surface area contributed by atoms with Crippen LogP contribution in [0.15, 0.2) is 0 Å². The molecule has 0 N–H and O–H groups in total. The molecule has 0 bridgehead atoms. The Labute approximate surface area is 44.3 Å². The fraction of sp³-hybridized carbons (Fsp3) is 0. The predicted octanol–water partition coefficient (Wildman–Crippen LogP) is -9.37. The van der Waals surface area contributed by atoms with E-state index in [4.69, 9.17) is 0 Å². The molecule has 0 aromatic carbocycles. The Bertz CT molecular complexity index is 6.85. The Balaban J connectivity index is 0. The summed E-state index contributed by atoms with van der Waals surface area (Å²) in [6.45, 7) is 0. The minimum Gasteiger partial charge on any atom is -1.00 e. The Morgan fingerprint density at radius 1 is 0.600 bits per heavy atom. The van der Waals surface area contributed by atoms with E-state index in [1.807, 2.05) is 0 Å². The molecule has 5 heavy (non-hydrogen) atoms. The van der Waals surface area contributed by atoms with Crippen molar-refractivity contribution in [3.8, 4) is 0 Å². The van der Waals surface area contributed by atoms with Gasteiger partial charge in [-0.3, -0.25) is 0 Å². The summed E-state index contributed by atoms with van der Waals surface area (Å²) in [5.74, 6) is 0. The molecular weight excluding hydrogens is 252 g/mol. The van der Waals surface area contributed by atoms with E-state index < -0.39 is 0 Å². The van der Waals surface area contributed by atoms with Gasteiger partial charge in [0.1, 0.15) is 0 Å². The zero-order valence-corrected chi connectivity index (χ0v) is 5.05.